The summed E-state index contributed by atoms with van der Waals surface area (Å²) >= 11 is 5.94. The van der Waals surface area contributed by atoms with Crippen LogP contribution in [0.15, 0.2) is 35.4 Å². The number of aryl methyl sites for hydroxylation is 1. The van der Waals surface area contributed by atoms with Crippen molar-refractivity contribution in [2.24, 2.45) is 0 Å². The van der Waals surface area contributed by atoms with Crippen molar-refractivity contribution in [3.63, 3.8) is 0 Å². The fraction of sp³-hybridized carbons (Fsp3) is 0.312. The normalized spacial score (nSPS) is 10.4. The largest absolute Gasteiger partial charge is 0.482 e. The molecule has 0 saturated heterocycles. The Bertz CT molecular complexity index is 758. The molecule has 0 radical (unpaired) electrons. The minimum Gasteiger partial charge on any atom is -0.482 e. The molecule has 0 fully saturated rings. The fourth-order valence-corrected chi connectivity index (χ4v) is 2.10. The highest BCUT2D eigenvalue weighted by Gasteiger charge is 2.06. The van der Waals surface area contributed by atoms with E-state index in [1.807, 2.05) is 0 Å². The van der Waals surface area contributed by atoms with Gasteiger partial charge in [0.25, 0.3) is 11.5 Å². The SMILES string of the molecule is Cc1ncn(CCNC(=O)COc2ccccc2Cl)c(=O)c1C. The summed E-state index contributed by atoms with van der Waals surface area (Å²) in [5.41, 5.74) is 1.23. The number of aromatic nitrogens is 2. The van der Waals surface area contributed by atoms with Gasteiger partial charge in [0.1, 0.15) is 5.75 Å². The molecule has 1 heterocycles. The number of amides is 1. The van der Waals surface area contributed by atoms with Gasteiger partial charge in [-0.2, -0.15) is 0 Å². The summed E-state index contributed by atoms with van der Waals surface area (Å²) in [4.78, 5) is 27.9. The lowest BCUT2D eigenvalue weighted by Crippen LogP contribution is -2.34. The third-order valence-corrected chi connectivity index (χ3v) is 3.70. The van der Waals surface area contributed by atoms with Crippen LogP contribution in [0, 0.1) is 13.8 Å². The number of hydrogen-bond donors (Lipinski definition) is 1. The van der Waals surface area contributed by atoms with Crippen LogP contribution in [0.3, 0.4) is 0 Å². The van der Waals surface area contributed by atoms with E-state index in [2.05, 4.69) is 10.3 Å². The third-order valence-electron chi connectivity index (χ3n) is 3.39. The highest BCUT2D eigenvalue weighted by Crippen LogP contribution is 2.22. The molecule has 0 atom stereocenters. The van der Waals surface area contributed by atoms with Crippen molar-refractivity contribution in [2.75, 3.05) is 13.2 Å². The van der Waals surface area contributed by atoms with Crippen molar-refractivity contribution < 1.29 is 9.53 Å². The van der Waals surface area contributed by atoms with E-state index in [1.54, 1.807) is 38.1 Å². The molecular formula is C16H18ClN3O3. The summed E-state index contributed by atoms with van der Waals surface area (Å²) < 4.78 is 6.80. The summed E-state index contributed by atoms with van der Waals surface area (Å²) in [5.74, 6) is 0.175. The number of hydrogen-bond acceptors (Lipinski definition) is 4. The molecule has 0 saturated carbocycles. The van der Waals surface area contributed by atoms with Crippen molar-refractivity contribution in [2.45, 2.75) is 20.4 Å². The maximum atomic E-state index is 12.0. The van der Waals surface area contributed by atoms with Gasteiger partial charge in [0, 0.05) is 24.3 Å². The molecule has 0 aliphatic heterocycles. The predicted molar refractivity (Wildman–Crippen MR) is 87.9 cm³/mol. The molecule has 6 nitrogen and oxygen atoms in total. The molecule has 1 N–H and O–H groups in total. The molecule has 0 unspecified atom stereocenters. The van der Waals surface area contributed by atoms with E-state index in [0.29, 0.717) is 35.1 Å². The second-order valence-electron chi connectivity index (χ2n) is 5.02. The van der Waals surface area contributed by atoms with Gasteiger partial charge in [-0.05, 0) is 26.0 Å². The van der Waals surface area contributed by atoms with Crippen molar-refractivity contribution in [3.8, 4) is 5.75 Å². The van der Waals surface area contributed by atoms with E-state index in [9.17, 15) is 9.59 Å². The standard InChI is InChI=1S/C16H18ClN3O3/c1-11-12(2)19-10-20(16(11)22)8-7-18-15(21)9-23-14-6-4-3-5-13(14)17/h3-6,10H,7-9H2,1-2H3,(H,18,21). The van der Waals surface area contributed by atoms with Gasteiger partial charge in [0.15, 0.2) is 6.61 Å². The average molecular weight is 336 g/mol. The van der Waals surface area contributed by atoms with Crippen molar-refractivity contribution in [3.05, 3.63) is 57.2 Å². The van der Waals surface area contributed by atoms with Gasteiger partial charge in [0.2, 0.25) is 0 Å². The highest BCUT2D eigenvalue weighted by atomic mass is 35.5. The van der Waals surface area contributed by atoms with E-state index >= 15 is 0 Å². The van der Waals surface area contributed by atoms with Crippen LogP contribution < -0.4 is 15.6 Å². The minimum absolute atomic E-state index is 0.0981. The number of benzene rings is 1. The van der Waals surface area contributed by atoms with Gasteiger partial charge in [-0.3, -0.25) is 14.2 Å². The molecule has 7 heteroatoms. The molecule has 2 aromatic rings. The van der Waals surface area contributed by atoms with Crippen LogP contribution in [0.25, 0.3) is 0 Å². The maximum Gasteiger partial charge on any atom is 0.258 e. The first-order valence-electron chi connectivity index (χ1n) is 7.15. The van der Waals surface area contributed by atoms with Crippen LogP contribution in [0.5, 0.6) is 5.75 Å². The van der Waals surface area contributed by atoms with Crippen LogP contribution in [-0.4, -0.2) is 28.6 Å². The second-order valence-corrected chi connectivity index (χ2v) is 5.43. The van der Waals surface area contributed by atoms with Crippen LogP contribution in [0.2, 0.25) is 5.02 Å². The quantitative estimate of drug-likeness (QED) is 0.872. The number of rotatable bonds is 6. The first kappa shape index (κ1) is 17.0. The molecule has 1 aromatic carbocycles. The lowest BCUT2D eigenvalue weighted by Gasteiger charge is -2.10. The molecule has 0 bridgehead atoms. The number of halogens is 1. The van der Waals surface area contributed by atoms with Crippen LogP contribution in [0.1, 0.15) is 11.3 Å². The van der Waals surface area contributed by atoms with Crippen LogP contribution in [0.4, 0.5) is 0 Å². The molecule has 2 rings (SSSR count). The van der Waals surface area contributed by atoms with Crippen molar-refractivity contribution >= 4 is 17.5 Å². The van der Waals surface area contributed by atoms with Crippen molar-refractivity contribution in [1.29, 1.82) is 0 Å². The zero-order chi connectivity index (χ0) is 16.8. The Hall–Kier alpha value is -2.34. The average Bonchev–Trinajstić information content (AvgIpc) is 2.54. The van der Waals surface area contributed by atoms with Crippen LogP contribution in [-0.2, 0) is 11.3 Å². The summed E-state index contributed by atoms with van der Waals surface area (Å²) in [5, 5.41) is 3.14. The molecule has 0 aliphatic carbocycles. The zero-order valence-corrected chi connectivity index (χ0v) is 13.8. The van der Waals surface area contributed by atoms with E-state index in [1.165, 1.54) is 10.9 Å². The first-order chi connectivity index (χ1) is 11.0. The lowest BCUT2D eigenvalue weighted by atomic mass is 10.3. The Balaban J connectivity index is 1.80. The summed E-state index contributed by atoms with van der Waals surface area (Å²) in [6.45, 7) is 4.05. The van der Waals surface area contributed by atoms with Gasteiger partial charge < -0.3 is 10.1 Å². The first-order valence-corrected chi connectivity index (χ1v) is 7.53. The Morgan fingerprint density at radius 1 is 1.35 bits per heavy atom. The lowest BCUT2D eigenvalue weighted by molar-refractivity contribution is -0.123. The third kappa shape index (κ3) is 4.56. The number of nitrogens with one attached hydrogen (secondary N) is 1. The fourth-order valence-electron chi connectivity index (χ4n) is 1.91. The van der Waals surface area contributed by atoms with E-state index in [-0.39, 0.29) is 18.1 Å². The topological polar surface area (TPSA) is 73.2 Å². The van der Waals surface area contributed by atoms with Gasteiger partial charge in [-0.1, -0.05) is 23.7 Å². The van der Waals surface area contributed by atoms with Crippen molar-refractivity contribution in [1.82, 2.24) is 14.9 Å². The number of ether oxygens (including phenoxy) is 1. The molecule has 122 valence electrons. The molecule has 23 heavy (non-hydrogen) atoms. The Morgan fingerprint density at radius 3 is 2.83 bits per heavy atom. The smallest absolute Gasteiger partial charge is 0.258 e. The maximum absolute atomic E-state index is 12.0. The number of carbonyl (C=O) groups excluding carboxylic acids is 1. The van der Waals surface area contributed by atoms with E-state index in [4.69, 9.17) is 16.3 Å². The van der Waals surface area contributed by atoms with Gasteiger partial charge in [0.05, 0.1) is 11.3 Å². The highest BCUT2D eigenvalue weighted by molar-refractivity contribution is 6.32. The molecule has 0 aliphatic rings. The Morgan fingerprint density at radius 2 is 2.09 bits per heavy atom. The summed E-state index contributed by atoms with van der Waals surface area (Å²) in [6, 6.07) is 6.94. The molecule has 1 aromatic heterocycles. The molecule has 1 amide bonds. The monoisotopic (exact) mass is 335 g/mol. The number of para-hydroxylation sites is 1. The second kappa shape index (κ2) is 7.78. The molecule has 0 spiro atoms. The molecular weight excluding hydrogens is 318 g/mol. The Kier molecular flexibility index (Phi) is 5.76. The van der Waals surface area contributed by atoms with Crippen LogP contribution >= 0.6 is 11.6 Å². The van der Waals surface area contributed by atoms with Gasteiger partial charge in [-0.25, -0.2) is 4.98 Å². The summed E-state index contributed by atoms with van der Waals surface area (Å²) in [7, 11) is 0. The number of carbonyl (C=O) groups is 1. The summed E-state index contributed by atoms with van der Waals surface area (Å²) in [6.07, 6.45) is 1.48. The predicted octanol–water partition coefficient (Wildman–Crippen LogP) is 1.71. The van der Waals surface area contributed by atoms with Gasteiger partial charge in [-0.15, -0.1) is 0 Å². The minimum atomic E-state index is -0.283. The van der Waals surface area contributed by atoms with E-state index < -0.39 is 0 Å². The Labute approximate surface area is 139 Å². The van der Waals surface area contributed by atoms with E-state index in [0.717, 1.165) is 0 Å². The zero-order valence-electron chi connectivity index (χ0n) is 13.0. The van der Waals surface area contributed by atoms with Gasteiger partial charge >= 0.3 is 0 Å². The number of nitrogens with zero attached hydrogens (tertiary/aromatic N) is 2.